The molecule has 3 rings (SSSR count). The zero-order chi connectivity index (χ0) is 16.4. The van der Waals surface area contributed by atoms with E-state index in [9.17, 15) is 0 Å². The fraction of sp³-hybridized carbons (Fsp3) is 0.312. The van der Waals surface area contributed by atoms with E-state index >= 15 is 0 Å². The highest BCUT2D eigenvalue weighted by molar-refractivity contribution is 6.30. The number of aryl methyl sites for hydroxylation is 2. The molecule has 0 bridgehead atoms. The quantitative estimate of drug-likeness (QED) is 0.719. The summed E-state index contributed by atoms with van der Waals surface area (Å²) in [6.45, 7) is 3.30. The second kappa shape index (κ2) is 6.52. The van der Waals surface area contributed by atoms with Gasteiger partial charge in [0.25, 0.3) is 0 Å². The molecule has 0 unspecified atom stereocenters. The minimum Gasteiger partial charge on any atom is -0.359 e. The Morgan fingerprint density at radius 2 is 2.17 bits per heavy atom. The average molecular weight is 332 g/mol. The second-order valence-corrected chi connectivity index (χ2v) is 5.93. The third kappa shape index (κ3) is 3.43. The lowest BCUT2D eigenvalue weighted by Crippen LogP contribution is -2.17. The first-order valence-corrected chi connectivity index (χ1v) is 7.65. The topological polar surface area (TPSA) is 60.0 Å². The van der Waals surface area contributed by atoms with Crippen molar-refractivity contribution in [3.63, 3.8) is 0 Å². The van der Waals surface area contributed by atoms with Crippen molar-refractivity contribution in [1.29, 1.82) is 0 Å². The van der Waals surface area contributed by atoms with Gasteiger partial charge >= 0.3 is 0 Å². The van der Waals surface area contributed by atoms with Crippen LogP contribution in [0.1, 0.15) is 17.0 Å². The van der Waals surface area contributed by atoms with Gasteiger partial charge in [0.1, 0.15) is 10.8 Å². The van der Waals surface area contributed by atoms with E-state index in [-0.39, 0.29) is 0 Å². The molecule has 23 heavy (non-hydrogen) atoms. The van der Waals surface area contributed by atoms with Crippen molar-refractivity contribution < 1.29 is 4.52 Å². The van der Waals surface area contributed by atoms with E-state index < -0.39 is 0 Å². The third-order valence-electron chi connectivity index (χ3n) is 3.64. The van der Waals surface area contributed by atoms with E-state index in [1.54, 1.807) is 17.1 Å². The lowest BCUT2D eigenvalue weighted by molar-refractivity contribution is 0.266. The minimum absolute atomic E-state index is 0.637. The van der Waals surface area contributed by atoms with Crippen molar-refractivity contribution in [3.8, 4) is 11.3 Å². The van der Waals surface area contributed by atoms with Gasteiger partial charge in [-0.15, -0.1) is 0 Å². The summed E-state index contributed by atoms with van der Waals surface area (Å²) in [7, 11) is 3.85. The van der Waals surface area contributed by atoms with Crippen LogP contribution in [0.2, 0.25) is 5.15 Å². The monoisotopic (exact) mass is 331 g/mol. The zero-order valence-electron chi connectivity index (χ0n) is 13.3. The van der Waals surface area contributed by atoms with Gasteiger partial charge in [-0.1, -0.05) is 16.8 Å². The molecule has 0 saturated heterocycles. The minimum atomic E-state index is 0.637. The van der Waals surface area contributed by atoms with Crippen molar-refractivity contribution in [2.24, 2.45) is 7.05 Å². The Hall–Kier alpha value is -2.18. The first-order chi connectivity index (χ1) is 11.0. The Balaban J connectivity index is 1.69. The molecule has 0 atom stereocenters. The fourth-order valence-corrected chi connectivity index (χ4v) is 2.72. The van der Waals surface area contributed by atoms with Crippen LogP contribution in [-0.2, 0) is 20.1 Å². The Morgan fingerprint density at radius 1 is 1.35 bits per heavy atom. The van der Waals surface area contributed by atoms with Crippen molar-refractivity contribution in [3.05, 3.63) is 52.8 Å². The smallest absolute Gasteiger partial charge is 0.151 e. The van der Waals surface area contributed by atoms with Crippen LogP contribution in [0.4, 0.5) is 0 Å². The van der Waals surface area contributed by atoms with Crippen LogP contribution >= 0.6 is 11.6 Å². The second-order valence-electron chi connectivity index (χ2n) is 5.57. The van der Waals surface area contributed by atoms with Crippen molar-refractivity contribution in [2.75, 3.05) is 7.05 Å². The zero-order valence-corrected chi connectivity index (χ0v) is 14.1. The average Bonchev–Trinajstić information content (AvgIpc) is 3.09. The molecule has 7 heteroatoms. The lowest BCUT2D eigenvalue weighted by atomic mass is 10.2. The summed E-state index contributed by atoms with van der Waals surface area (Å²) in [4.78, 5) is 6.21. The van der Waals surface area contributed by atoms with E-state index in [1.165, 1.54) is 0 Å². The summed E-state index contributed by atoms with van der Waals surface area (Å²) in [5.41, 5.74) is 3.70. The molecule has 0 aliphatic heterocycles. The standard InChI is InChI=1S/C16H18ClN5O/c1-11-14(16(17)22(3)19-11)10-21(2)9-13-7-15(20-23-13)12-5-4-6-18-8-12/h4-8H,9-10H2,1-3H3. The van der Waals surface area contributed by atoms with Crippen molar-refractivity contribution in [1.82, 2.24) is 24.8 Å². The van der Waals surface area contributed by atoms with Crippen LogP contribution in [-0.4, -0.2) is 31.9 Å². The van der Waals surface area contributed by atoms with E-state index in [0.29, 0.717) is 18.2 Å². The number of nitrogens with zero attached hydrogens (tertiary/aromatic N) is 5. The third-order valence-corrected chi connectivity index (χ3v) is 4.11. The predicted molar refractivity (Wildman–Crippen MR) is 87.9 cm³/mol. The molecule has 3 aromatic heterocycles. The Bertz CT molecular complexity index is 796. The molecule has 6 nitrogen and oxygen atoms in total. The Labute approximate surface area is 139 Å². The van der Waals surface area contributed by atoms with Gasteiger partial charge in [-0.2, -0.15) is 5.10 Å². The largest absolute Gasteiger partial charge is 0.359 e. The maximum Gasteiger partial charge on any atom is 0.151 e. The van der Waals surface area contributed by atoms with Crippen LogP contribution in [0.25, 0.3) is 11.3 Å². The summed E-state index contributed by atoms with van der Waals surface area (Å²) in [6.07, 6.45) is 3.50. The summed E-state index contributed by atoms with van der Waals surface area (Å²) >= 11 is 6.28. The van der Waals surface area contributed by atoms with Crippen molar-refractivity contribution in [2.45, 2.75) is 20.0 Å². The Morgan fingerprint density at radius 3 is 2.83 bits per heavy atom. The van der Waals surface area contributed by atoms with Gasteiger partial charge in [0.2, 0.25) is 0 Å². The molecule has 0 amide bonds. The molecular formula is C16H18ClN5O. The summed E-state index contributed by atoms with van der Waals surface area (Å²) in [5.74, 6) is 0.795. The number of hydrogen-bond donors (Lipinski definition) is 0. The number of pyridine rings is 1. The van der Waals surface area contributed by atoms with Crippen LogP contribution in [0.15, 0.2) is 35.1 Å². The fourth-order valence-electron chi connectivity index (χ4n) is 2.48. The predicted octanol–water partition coefficient (Wildman–Crippen LogP) is 3.06. The van der Waals surface area contributed by atoms with E-state index in [1.807, 2.05) is 39.2 Å². The highest BCUT2D eigenvalue weighted by Gasteiger charge is 2.15. The molecule has 0 N–H and O–H groups in total. The lowest BCUT2D eigenvalue weighted by Gasteiger charge is -2.14. The molecule has 0 aromatic carbocycles. The first-order valence-electron chi connectivity index (χ1n) is 7.27. The van der Waals surface area contributed by atoms with Gasteiger partial charge in [-0.25, -0.2) is 0 Å². The van der Waals surface area contributed by atoms with Crippen LogP contribution in [0.5, 0.6) is 0 Å². The molecule has 3 heterocycles. The normalized spacial score (nSPS) is 11.3. The van der Waals surface area contributed by atoms with Gasteiger partial charge in [0.05, 0.1) is 12.2 Å². The van der Waals surface area contributed by atoms with Gasteiger partial charge < -0.3 is 4.52 Å². The van der Waals surface area contributed by atoms with Gasteiger partial charge in [0, 0.05) is 43.2 Å². The maximum absolute atomic E-state index is 6.28. The first kappa shape index (κ1) is 15.7. The van der Waals surface area contributed by atoms with E-state index in [4.69, 9.17) is 16.1 Å². The number of aromatic nitrogens is 4. The van der Waals surface area contributed by atoms with Crippen molar-refractivity contribution >= 4 is 11.6 Å². The molecule has 120 valence electrons. The SMILES string of the molecule is Cc1nn(C)c(Cl)c1CN(C)Cc1cc(-c2cccnc2)no1. The highest BCUT2D eigenvalue weighted by atomic mass is 35.5. The Kier molecular flexibility index (Phi) is 4.45. The molecule has 0 saturated carbocycles. The molecule has 0 aliphatic carbocycles. The molecule has 0 spiro atoms. The summed E-state index contributed by atoms with van der Waals surface area (Å²) in [6, 6.07) is 5.77. The number of rotatable bonds is 5. The molecule has 3 aromatic rings. The summed E-state index contributed by atoms with van der Waals surface area (Å²) in [5, 5.41) is 9.10. The maximum atomic E-state index is 6.28. The summed E-state index contributed by atoms with van der Waals surface area (Å²) < 4.78 is 7.11. The molecule has 0 aliphatic rings. The van der Waals surface area contributed by atoms with Crippen LogP contribution in [0.3, 0.4) is 0 Å². The number of hydrogen-bond acceptors (Lipinski definition) is 5. The molecule has 0 fully saturated rings. The van der Waals surface area contributed by atoms with Crippen LogP contribution in [0, 0.1) is 6.92 Å². The van der Waals surface area contributed by atoms with E-state index in [0.717, 1.165) is 28.3 Å². The van der Waals surface area contributed by atoms with E-state index in [2.05, 4.69) is 20.1 Å². The van der Waals surface area contributed by atoms with Gasteiger partial charge in [-0.3, -0.25) is 14.6 Å². The highest BCUT2D eigenvalue weighted by Crippen LogP contribution is 2.22. The molecule has 0 radical (unpaired) electrons. The van der Waals surface area contributed by atoms with Gasteiger partial charge in [0.15, 0.2) is 5.76 Å². The number of halogens is 1. The van der Waals surface area contributed by atoms with Gasteiger partial charge in [-0.05, 0) is 26.1 Å². The molecular weight excluding hydrogens is 314 g/mol. The van der Waals surface area contributed by atoms with Crippen LogP contribution < -0.4 is 0 Å².